The summed E-state index contributed by atoms with van der Waals surface area (Å²) >= 11 is 0. The van der Waals surface area contributed by atoms with E-state index in [4.69, 9.17) is 10.5 Å². The van der Waals surface area contributed by atoms with Gasteiger partial charge in [0.25, 0.3) is 0 Å². The van der Waals surface area contributed by atoms with E-state index in [1.54, 1.807) is 7.11 Å². The fraction of sp³-hybridized carbons (Fsp3) is 0.500. The highest BCUT2D eigenvalue weighted by Gasteiger charge is 1.98. The number of rotatable bonds is 6. The summed E-state index contributed by atoms with van der Waals surface area (Å²) in [6.45, 7) is 3.88. The molecule has 3 N–H and O–H groups in total. The van der Waals surface area contributed by atoms with Crippen LogP contribution in [0.1, 0.15) is 13.3 Å². The van der Waals surface area contributed by atoms with Gasteiger partial charge in [0.2, 0.25) is 0 Å². The van der Waals surface area contributed by atoms with E-state index in [-0.39, 0.29) is 0 Å². The number of methoxy groups -OCH3 is 1. The molecule has 3 nitrogen and oxygen atoms in total. The van der Waals surface area contributed by atoms with Crippen LogP contribution in [0.5, 0.6) is 5.75 Å². The number of ether oxygens (including phenoxy) is 1. The van der Waals surface area contributed by atoms with Gasteiger partial charge in [0.15, 0.2) is 0 Å². The van der Waals surface area contributed by atoms with Crippen LogP contribution in [0, 0.1) is 5.92 Å². The summed E-state index contributed by atoms with van der Waals surface area (Å²) in [6, 6.07) is 7.95. The molecule has 0 aliphatic rings. The Morgan fingerprint density at radius 1 is 1.33 bits per heavy atom. The van der Waals surface area contributed by atoms with Crippen molar-refractivity contribution >= 4 is 5.69 Å². The molecule has 0 aliphatic heterocycles. The molecule has 1 unspecified atom stereocenters. The van der Waals surface area contributed by atoms with Crippen molar-refractivity contribution in [3.63, 3.8) is 0 Å². The third-order valence-corrected chi connectivity index (χ3v) is 2.46. The summed E-state index contributed by atoms with van der Waals surface area (Å²) < 4.78 is 5.08. The fourth-order valence-electron chi connectivity index (χ4n) is 1.29. The molecule has 0 saturated carbocycles. The molecule has 1 aromatic carbocycles. The molecule has 0 bridgehead atoms. The Balaban J connectivity index is 2.31. The molecule has 0 fully saturated rings. The van der Waals surface area contributed by atoms with Crippen LogP contribution in [-0.4, -0.2) is 20.2 Å². The Labute approximate surface area is 91.6 Å². The number of benzene rings is 1. The average molecular weight is 208 g/mol. The number of nitrogens with two attached hydrogens (primary N) is 1. The van der Waals surface area contributed by atoms with Gasteiger partial charge in [0.1, 0.15) is 5.75 Å². The molecule has 0 amide bonds. The van der Waals surface area contributed by atoms with Crippen molar-refractivity contribution in [1.82, 2.24) is 0 Å². The van der Waals surface area contributed by atoms with Gasteiger partial charge in [-0.3, -0.25) is 0 Å². The number of hydrogen-bond donors (Lipinski definition) is 2. The molecule has 84 valence electrons. The molecule has 1 aromatic rings. The van der Waals surface area contributed by atoms with Gasteiger partial charge in [-0.15, -0.1) is 0 Å². The lowest BCUT2D eigenvalue weighted by Crippen LogP contribution is -2.14. The van der Waals surface area contributed by atoms with Crippen LogP contribution >= 0.6 is 0 Å². The Kier molecular flexibility index (Phi) is 4.98. The lowest BCUT2D eigenvalue weighted by molar-refractivity contribution is 0.415. The minimum absolute atomic E-state index is 0.579. The first-order valence-corrected chi connectivity index (χ1v) is 5.34. The van der Waals surface area contributed by atoms with Crippen LogP contribution in [0.15, 0.2) is 24.3 Å². The van der Waals surface area contributed by atoms with E-state index in [9.17, 15) is 0 Å². The van der Waals surface area contributed by atoms with E-state index < -0.39 is 0 Å². The van der Waals surface area contributed by atoms with Crippen molar-refractivity contribution < 1.29 is 4.74 Å². The Hall–Kier alpha value is -1.22. The van der Waals surface area contributed by atoms with Gasteiger partial charge in [-0.05, 0) is 43.1 Å². The maximum Gasteiger partial charge on any atom is 0.119 e. The summed E-state index contributed by atoms with van der Waals surface area (Å²) in [4.78, 5) is 0. The molecule has 0 radical (unpaired) electrons. The molecule has 1 rings (SSSR count). The van der Waals surface area contributed by atoms with E-state index in [1.807, 2.05) is 24.3 Å². The molecule has 15 heavy (non-hydrogen) atoms. The van der Waals surface area contributed by atoms with Crippen LogP contribution in [0.25, 0.3) is 0 Å². The maximum atomic E-state index is 5.55. The zero-order valence-corrected chi connectivity index (χ0v) is 9.49. The summed E-state index contributed by atoms with van der Waals surface area (Å²) in [7, 11) is 1.67. The average Bonchev–Trinajstić information content (AvgIpc) is 2.29. The van der Waals surface area contributed by atoms with Crippen LogP contribution in [-0.2, 0) is 0 Å². The van der Waals surface area contributed by atoms with Crippen LogP contribution in [0.3, 0.4) is 0 Å². The smallest absolute Gasteiger partial charge is 0.119 e. The van der Waals surface area contributed by atoms with Gasteiger partial charge >= 0.3 is 0 Å². The van der Waals surface area contributed by atoms with Gasteiger partial charge in [-0.2, -0.15) is 0 Å². The minimum Gasteiger partial charge on any atom is -0.497 e. The molecule has 3 heteroatoms. The molecule has 0 saturated heterocycles. The van der Waals surface area contributed by atoms with Gasteiger partial charge in [0, 0.05) is 12.2 Å². The summed E-state index contributed by atoms with van der Waals surface area (Å²) in [5.74, 6) is 1.46. The van der Waals surface area contributed by atoms with E-state index in [2.05, 4.69) is 12.2 Å². The highest BCUT2D eigenvalue weighted by molar-refractivity contribution is 5.46. The molecule has 0 heterocycles. The highest BCUT2D eigenvalue weighted by Crippen LogP contribution is 2.15. The molecule has 0 spiro atoms. The lowest BCUT2D eigenvalue weighted by Gasteiger charge is -2.10. The van der Waals surface area contributed by atoms with Crippen molar-refractivity contribution in [3.05, 3.63) is 24.3 Å². The van der Waals surface area contributed by atoms with Gasteiger partial charge in [-0.25, -0.2) is 0 Å². The van der Waals surface area contributed by atoms with E-state index in [0.29, 0.717) is 5.92 Å². The van der Waals surface area contributed by atoms with E-state index in [0.717, 1.165) is 30.9 Å². The highest BCUT2D eigenvalue weighted by atomic mass is 16.5. The van der Waals surface area contributed by atoms with Gasteiger partial charge in [0.05, 0.1) is 7.11 Å². The number of anilines is 1. The monoisotopic (exact) mass is 208 g/mol. The van der Waals surface area contributed by atoms with Crippen LogP contribution in [0.2, 0.25) is 0 Å². The fourth-order valence-corrected chi connectivity index (χ4v) is 1.29. The molecule has 0 aromatic heterocycles. The lowest BCUT2D eigenvalue weighted by atomic mass is 10.1. The van der Waals surface area contributed by atoms with Gasteiger partial charge < -0.3 is 15.8 Å². The van der Waals surface area contributed by atoms with Crippen LogP contribution < -0.4 is 15.8 Å². The largest absolute Gasteiger partial charge is 0.497 e. The molecule has 0 aliphatic carbocycles. The SMILES string of the molecule is COc1ccc(NCCC(C)CN)cc1. The molecular formula is C12H20N2O. The first kappa shape index (κ1) is 11.9. The van der Waals surface area contributed by atoms with Gasteiger partial charge in [-0.1, -0.05) is 6.92 Å². The Morgan fingerprint density at radius 3 is 2.53 bits per heavy atom. The van der Waals surface area contributed by atoms with E-state index in [1.165, 1.54) is 0 Å². The van der Waals surface area contributed by atoms with Crippen LogP contribution in [0.4, 0.5) is 5.69 Å². The summed E-state index contributed by atoms with van der Waals surface area (Å²) in [5.41, 5.74) is 6.67. The Bertz CT molecular complexity index is 271. The summed E-state index contributed by atoms with van der Waals surface area (Å²) in [6.07, 6.45) is 1.10. The normalized spacial score (nSPS) is 12.2. The van der Waals surface area contributed by atoms with Crippen molar-refractivity contribution in [2.45, 2.75) is 13.3 Å². The minimum atomic E-state index is 0.579. The second-order valence-corrected chi connectivity index (χ2v) is 3.78. The predicted molar refractivity (Wildman–Crippen MR) is 64.3 cm³/mol. The summed E-state index contributed by atoms with van der Waals surface area (Å²) in [5, 5.41) is 3.35. The van der Waals surface area contributed by atoms with E-state index >= 15 is 0 Å². The second-order valence-electron chi connectivity index (χ2n) is 3.78. The molecular weight excluding hydrogens is 188 g/mol. The van der Waals surface area contributed by atoms with Crippen molar-refractivity contribution in [2.75, 3.05) is 25.5 Å². The third-order valence-electron chi connectivity index (χ3n) is 2.46. The second kappa shape index (κ2) is 6.30. The zero-order valence-electron chi connectivity index (χ0n) is 9.49. The zero-order chi connectivity index (χ0) is 11.1. The maximum absolute atomic E-state index is 5.55. The first-order valence-electron chi connectivity index (χ1n) is 5.34. The molecule has 1 atom stereocenters. The topological polar surface area (TPSA) is 47.3 Å². The predicted octanol–water partition coefficient (Wildman–Crippen LogP) is 2.09. The van der Waals surface area contributed by atoms with Crippen molar-refractivity contribution in [3.8, 4) is 5.75 Å². The number of nitrogens with one attached hydrogen (secondary N) is 1. The third kappa shape index (κ3) is 4.21. The van der Waals surface area contributed by atoms with Crippen molar-refractivity contribution in [2.24, 2.45) is 11.7 Å². The standard InChI is InChI=1S/C12H20N2O/c1-10(9-13)7-8-14-11-3-5-12(15-2)6-4-11/h3-6,10,14H,7-9,13H2,1-2H3. The van der Waals surface area contributed by atoms with Crippen molar-refractivity contribution in [1.29, 1.82) is 0 Å². The first-order chi connectivity index (χ1) is 7.26. The Morgan fingerprint density at radius 2 is 2.00 bits per heavy atom. The quantitative estimate of drug-likeness (QED) is 0.752. The number of hydrogen-bond acceptors (Lipinski definition) is 3.